The average Bonchev–Trinajstić information content (AvgIpc) is 1.60. The maximum atomic E-state index is 13.7. The number of cyclic esters (lactones) is 2. The van der Waals surface area contributed by atoms with Gasteiger partial charge in [-0.3, -0.25) is 19.2 Å². The van der Waals surface area contributed by atoms with Gasteiger partial charge in [0.2, 0.25) is 0 Å². The van der Waals surface area contributed by atoms with Crippen LogP contribution in [0.15, 0.2) is 201 Å². The van der Waals surface area contributed by atoms with E-state index in [1.807, 2.05) is 75.6 Å². The number of aliphatic hydroxyl groups is 7. The van der Waals surface area contributed by atoms with E-state index in [1.54, 1.807) is 133 Å². The summed E-state index contributed by atoms with van der Waals surface area (Å²) >= 11 is 0. The number of carbonyl (C=O) groups excluding carboxylic acids is 2. The van der Waals surface area contributed by atoms with Crippen LogP contribution >= 0.6 is 0 Å². The van der Waals surface area contributed by atoms with Crippen LogP contribution < -0.4 is 21.3 Å². The van der Waals surface area contributed by atoms with Gasteiger partial charge in [0.05, 0.1) is 101 Å². The number of nitrogens with zero attached hydrogens (tertiary/aromatic N) is 12. The third-order valence-electron chi connectivity index (χ3n) is 23.2. The molecule has 4 aliphatic rings. The first-order valence-corrected chi connectivity index (χ1v) is 45.1. The molecule has 2 saturated carbocycles. The van der Waals surface area contributed by atoms with E-state index >= 15 is 0 Å². The van der Waals surface area contributed by atoms with E-state index in [1.165, 1.54) is 48.7 Å². The SMILES string of the molecule is CNc1cc(-c2nc(C(C)C)n(/C=C/[C@@H](O)C[C@@H](O)CC(=O)O)c2-c2cccc(C(F)(F)F)c2)ccn1.CNc1cc(-c2nc(C(C)C)n(/C=C/[C@@H]3C[C@@H](C)CC(=O)O3)c2-c2ccccc2)ccn1.CNc1cc(-c2nc(C3(O)CC3)n(/C=C/[C@@H](O)C[C@@H](O)CC(=O)O)c2-c2ccc(F)cc2)ccn1.CNc1cc(-c2nc(C3(O)CC3)n(/C=C/[C@@H]3C[C@@H](O)CC(=O)O3)c2-c2ccc(F)cc2)ccn1. The largest absolute Gasteiger partial charge is 0.481 e. The Bertz CT molecular complexity index is 6410. The second-order valence-electron chi connectivity index (χ2n) is 34.8. The van der Waals surface area contributed by atoms with Crippen molar-refractivity contribution in [1.82, 2.24) is 58.1 Å². The van der Waals surface area contributed by atoms with Gasteiger partial charge in [0.1, 0.15) is 81.6 Å². The molecule has 0 spiro atoms. The summed E-state index contributed by atoms with van der Waals surface area (Å²) in [6.45, 7) is 10.1. The number of nitrogens with one attached hydrogen (secondary N) is 4. The normalized spacial score (nSPS) is 17.5. The summed E-state index contributed by atoms with van der Waals surface area (Å²) in [7, 11) is 7.07. The molecule has 0 amide bonds. The van der Waals surface area contributed by atoms with Crippen LogP contribution in [-0.4, -0.2) is 199 Å². The zero-order valence-corrected chi connectivity index (χ0v) is 77.4. The van der Waals surface area contributed by atoms with Crippen LogP contribution in [-0.2, 0) is 46.0 Å². The molecule has 2 saturated heterocycles. The molecule has 31 nitrogen and oxygen atoms in total. The molecule has 4 aromatic carbocycles. The number of esters is 2. The van der Waals surface area contributed by atoms with Crippen molar-refractivity contribution in [1.29, 1.82) is 0 Å². The minimum Gasteiger partial charge on any atom is -0.481 e. The van der Waals surface area contributed by atoms with E-state index < -0.39 is 96.1 Å². The Morgan fingerprint density at radius 1 is 0.464 bits per heavy atom. The third-order valence-corrected chi connectivity index (χ3v) is 23.2. The van der Waals surface area contributed by atoms with Crippen molar-refractivity contribution in [3.8, 4) is 90.1 Å². The number of carbonyl (C=O) groups is 4. The standard InChI is InChI=1S/C26H29F3N4O4.C26H30N4O2.C25H27FN4O5.C25H25FN4O4/c1-15(2)25-32-23(16-7-9-31-21(12-16)30-3)24(17-5-4-6-18(11-17)26(27,28)29)33(25)10-8-19(34)13-20(35)14-22(36)37;1-17(2)26-29-24(20-10-12-28-22(16-20)27-4)25(19-8-6-5-7-9-19)30(26)13-11-21-14-18(3)15-23(31)32-21;1-27-20-12-16(6-10-28-20)22-23(15-2-4-17(26)5-3-15)30(24(29-22)25(35)8-9-25)11-7-18(31)13-19(32)14-21(33)34;1-27-20-12-16(6-10-28-20)22-23(15-2-4-17(26)5-3-15)30(24(29-22)25(33)8-9-25)11-7-19-13-18(31)14-21(32)34-19/h4-12,15,19-20,34-35H,13-14H2,1-3H3,(H,30,31)(H,36,37);5-13,16-18,21H,14-15H2,1-4H3,(H,27,28);2-7,10-12,18-19,31-32,35H,8-9,13-14H2,1H3,(H,27,28)(H,33,34);2-7,10-12,18-19,31,33H,8-9,13-14H2,1H3,(H,27,28)/b10-8+;13-11+;2*11-7+/t19-,20-;18-,21-;2*18-,19-/m1111/s1. The lowest BCUT2D eigenvalue weighted by Gasteiger charge is -2.24. The summed E-state index contributed by atoms with van der Waals surface area (Å²) in [6.07, 6.45) is 11.2. The predicted octanol–water partition coefficient (Wildman–Crippen LogP) is 16.6. The Kier molecular flexibility index (Phi) is 32.8. The van der Waals surface area contributed by atoms with Crippen molar-refractivity contribution in [2.45, 2.75) is 184 Å². The summed E-state index contributed by atoms with van der Waals surface area (Å²) in [6, 6.07) is 41.8. The quantitative estimate of drug-likeness (QED) is 0.0138. The second kappa shape index (κ2) is 44.7. The average molecular weight is 1900 g/mol. The molecule has 2 aliphatic carbocycles. The molecule has 138 heavy (non-hydrogen) atoms. The molecule has 0 unspecified atom stereocenters. The van der Waals surface area contributed by atoms with Gasteiger partial charge in [-0.15, -0.1) is 0 Å². The van der Waals surface area contributed by atoms with E-state index in [0.29, 0.717) is 124 Å². The van der Waals surface area contributed by atoms with E-state index in [9.17, 15) is 76.9 Å². The molecule has 16 rings (SSSR count). The van der Waals surface area contributed by atoms with Gasteiger partial charge in [-0.25, -0.2) is 48.7 Å². The molecule has 4 fully saturated rings. The summed E-state index contributed by atoms with van der Waals surface area (Å²) in [4.78, 5) is 81.8. The Hall–Kier alpha value is -14.3. The van der Waals surface area contributed by atoms with Crippen LogP contribution in [0, 0.1) is 17.6 Å². The summed E-state index contributed by atoms with van der Waals surface area (Å²) in [5, 5.41) is 102. The zero-order chi connectivity index (χ0) is 99.0. The fourth-order valence-corrected chi connectivity index (χ4v) is 16.0. The van der Waals surface area contributed by atoms with Gasteiger partial charge < -0.3 is 95.0 Å². The highest BCUT2D eigenvalue weighted by molar-refractivity contribution is 5.86. The number of ether oxygens (including phenoxy) is 2. The Balaban J connectivity index is 0.000000155. The minimum atomic E-state index is -4.55. The maximum Gasteiger partial charge on any atom is 0.416 e. The zero-order valence-electron chi connectivity index (χ0n) is 77.4. The highest BCUT2D eigenvalue weighted by Crippen LogP contribution is 2.51. The number of aliphatic hydroxyl groups excluding tert-OH is 5. The van der Waals surface area contributed by atoms with E-state index in [4.69, 9.17) is 39.6 Å². The number of anilines is 4. The smallest absolute Gasteiger partial charge is 0.416 e. The highest BCUT2D eigenvalue weighted by atomic mass is 19.4. The Labute approximate surface area is 793 Å². The van der Waals surface area contributed by atoms with Gasteiger partial charge in [0.25, 0.3) is 0 Å². The fourth-order valence-electron chi connectivity index (χ4n) is 16.0. The highest BCUT2D eigenvalue weighted by Gasteiger charge is 2.49. The van der Waals surface area contributed by atoms with Crippen LogP contribution in [0.1, 0.15) is 152 Å². The van der Waals surface area contributed by atoms with Crippen molar-refractivity contribution in [2.24, 2.45) is 5.92 Å². The number of alkyl halides is 3. The van der Waals surface area contributed by atoms with Crippen molar-refractivity contribution < 1.29 is 96.6 Å². The molecule has 8 aromatic heterocycles. The lowest BCUT2D eigenvalue weighted by molar-refractivity contribution is -0.156. The first-order valence-electron chi connectivity index (χ1n) is 45.1. The minimum absolute atomic E-state index is 0.0266. The van der Waals surface area contributed by atoms with Crippen LogP contribution in [0.25, 0.3) is 115 Å². The van der Waals surface area contributed by atoms with E-state index in [-0.39, 0.29) is 61.0 Å². The second-order valence-corrected chi connectivity index (χ2v) is 34.8. The lowest BCUT2D eigenvalue weighted by atomic mass is 9.97. The van der Waals surface area contributed by atoms with Gasteiger partial charge in [0, 0.05) is 160 Å². The van der Waals surface area contributed by atoms with Crippen LogP contribution in [0.5, 0.6) is 0 Å². The van der Waals surface area contributed by atoms with E-state index in [0.717, 1.165) is 63.8 Å². The van der Waals surface area contributed by atoms with Gasteiger partial charge in [-0.2, -0.15) is 13.2 Å². The molecule has 13 N–H and O–H groups in total. The molecular weight excluding hydrogens is 1780 g/mol. The number of pyridine rings is 4. The Morgan fingerprint density at radius 3 is 1.20 bits per heavy atom. The number of benzene rings is 4. The maximum absolute atomic E-state index is 13.7. The van der Waals surface area contributed by atoms with Crippen molar-refractivity contribution >= 4 is 71.9 Å². The van der Waals surface area contributed by atoms with Crippen molar-refractivity contribution in [3.63, 3.8) is 0 Å². The molecule has 8 atom stereocenters. The van der Waals surface area contributed by atoms with Crippen molar-refractivity contribution in [3.05, 3.63) is 241 Å². The van der Waals surface area contributed by atoms with Gasteiger partial charge in [-0.05, 0) is 172 Å². The van der Waals surface area contributed by atoms with Gasteiger partial charge >= 0.3 is 30.1 Å². The number of carboxylic acid groups (broad SMARTS) is 2. The number of hydrogen-bond acceptors (Lipinski definition) is 25. The summed E-state index contributed by atoms with van der Waals surface area (Å²) in [5.41, 5.74) is 7.81. The van der Waals surface area contributed by atoms with Crippen LogP contribution in [0.2, 0.25) is 0 Å². The van der Waals surface area contributed by atoms with Gasteiger partial charge in [-0.1, -0.05) is 77.1 Å². The fraction of sp³-hybridized carbons (Fsp3) is 0.333. The molecule has 724 valence electrons. The first kappa shape index (κ1) is 101. The number of hydrogen-bond donors (Lipinski definition) is 13. The number of aromatic nitrogens is 12. The summed E-state index contributed by atoms with van der Waals surface area (Å²) < 4.78 is 86.2. The topological polar surface area (TPSA) is 440 Å². The molecule has 10 heterocycles. The molecule has 2 aliphatic heterocycles. The number of imidazole rings is 4. The molecule has 0 radical (unpaired) electrons. The molecule has 36 heteroatoms. The Morgan fingerprint density at radius 2 is 0.819 bits per heavy atom. The van der Waals surface area contributed by atoms with Crippen LogP contribution in [0.3, 0.4) is 0 Å². The third kappa shape index (κ3) is 25.5. The lowest BCUT2D eigenvalue weighted by Crippen LogP contribution is -2.31. The van der Waals surface area contributed by atoms with E-state index in [2.05, 4.69) is 78.7 Å². The van der Waals surface area contributed by atoms with Gasteiger partial charge in [0.15, 0.2) is 0 Å². The monoisotopic (exact) mass is 1890 g/mol. The first-order chi connectivity index (χ1) is 65.9. The van der Waals surface area contributed by atoms with Crippen molar-refractivity contribution in [2.75, 3.05) is 49.5 Å². The molecule has 0 bridgehead atoms. The number of aliphatic carboxylic acids is 2. The number of carboxylic acids is 2. The van der Waals surface area contributed by atoms with Crippen LogP contribution in [0.4, 0.5) is 45.2 Å². The predicted molar refractivity (Wildman–Crippen MR) is 514 cm³/mol. The summed E-state index contributed by atoms with van der Waals surface area (Å²) in [5.74, 6) is 1.56. The molecular formula is C102H111F5N16O15. The number of rotatable bonds is 32. The molecule has 12 aromatic rings. The number of halogens is 5.